The topological polar surface area (TPSA) is 12.0 Å². The van der Waals surface area contributed by atoms with E-state index in [2.05, 4.69) is 43.6 Å². The highest BCUT2D eigenvalue weighted by molar-refractivity contribution is 5.25. The molecule has 2 fully saturated rings. The molecule has 0 aromatic heterocycles. The second kappa shape index (κ2) is 4.45. The summed E-state index contributed by atoms with van der Waals surface area (Å²) in [6.45, 7) is 2.16. The fourth-order valence-corrected chi connectivity index (χ4v) is 4.10. The monoisotopic (exact) mass is 229 g/mol. The molecular formula is C16H23N. The molecule has 1 heteroatoms. The lowest BCUT2D eigenvalue weighted by Gasteiger charge is -2.30. The fourth-order valence-electron chi connectivity index (χ4n) is 4.10. The lowest BCUT2D eigenvalue weighted by atomic mass is 9.80. The maximum atomic E-state index is 3.56. The lowest BCUT2D eigenvalue weighted by Crippen LogP contribution is -2.28. The predicted octanol–water partition coefficient (Wildman–Crippen LogP) is 3.69. The van der Waals surface area contributed by atoms with Crippen molar-refractivity contribution in [3.05, 3.63) is 35.4 Å². The average Bonchev–Trinajstić information content (AvgIpc) is 2.95. The summed E-state index contributed by atoms with van der Waals surface area (Å²) in [6, 6.07) is 9.68. The van der Waals surface area contributed by atoms with Crippen molar-refractivity contribution in [1.29, 1.82) is 0 Å². The van der Waals surface area contributed by atoms with Crippen LogP contribution in [-0.4, -0.2) is 7.05 Å². The van der Waals surface area contributed by atoms with E-state index >= 15 is 0 Å². The minimum absolute atomic E-state index is 0.575. The van der Waals surface area contributed by atoms with Gasteiger partial charge in [-0.05, 0) is 56.6 Å². The highest BCUT2D eigenvalue weighted by Gasteiger charge is 2.42. The molecule has 4 atom stereocenters. The van der Waals surface area contributed by atoms with Crippen LogP contribution in [0.3, 0.4) is 0 Å². The van der Waals surface area contributed by atoms with Crippen LogP contribution in [0.5, 0.6) is 0 Å². The Balaban J connectivity index is 1.81. The van der Waals surface area contributed by atoms with Crippen LogP contribution < -0.4 is 5.32 Å². The summed E-state index contributed by atoms with van der Waals surface area (Å²) < 4.78 is 0. The number of benzene rings is 1. The molecule has 0 radical (unpaired) electrons. The third kappa shape index (κ3) is 2.01. The van der Waals surface area contributed by atoms with Crippen LogP contribution >= 0.6 is 0 Å². The van der Waals surface area contributed by atoms with E-state index in [1.54, 1.807) is 0 Å². The molecule has 0 heterocycles. The normalized spacial score (nSPS) is 32.9. The van der Waals surface area contributed by atoms with Crippen LogP contribution in [0.2, 0.25) is 0 Å². The van der Waals surface area contributed by atoms with Crippen molar-refractivity contribution in [2.24, 2.45) is 17.8 Å². The van der Waals surface area contributed by atoms with E-state index in [-0.39, 0.29) is 0 Å². The summed E-state index contributed by atoms with van der Waals surface area (Å²) in [5, 5.41) is 3.56. The van der Waals surface area contributed by atoms with Gasteiger partial charge in [0.2, 0.25) is 0 Å². The Kier molecular flexibility index (Phi) is 2.96. The van der Waals surface area contributed by atoms with Gasteiger partial charge in [-0.3, -0.25) is 0 Å². The van der Waals surface area contributed by atoms with Gasteiger partial charge in [-0.2, -0.15) is 0 Å². The van der Waals surface area contributed by atoms with Crippen molar-refractivity contribution in [2.75, 3.05) is 7.05 Å². The molecule has 1 aromatic carbocycles. The summed E-state index contributed by atoms with van der Waals surface area (Å²) in [7, 11) is 2.12. The van der Waals surface area contributed by atoms with Gasteiger partial charge in [-0.15, -0.1) is 0 Å². The molecule has 0 amide bonds. The number of nitrogens with one attached hydrogen (secondary N) is 1. The van der Waals surface area contributed by atoms with Gasteiger partial charge in [0.15, 0.2) is 0 Å². The van der Waals surface area contributed by atoms with Crippen molar-refractivity contribution >= 4 is 0 Å². The highest BCUT2D eigenvalue weighted by Crippen LogP contribution is 2.52. The Morgan fingerprint density at radius 2 is 1.88 bits per heavy atom. The molecule has 0 aliphatic heterocycles. The molecular weight excluding hydrogens is 206 g/mol. The summed E-state index contributed by atoms with van der Waals surface area (Å²) in [4.78, 5) is 0. The molecule has 2 bridgehead atoms. The Hall–Kier alpha value is -0.820. The first kappa shape index (κ1) is 11.3. The van der Waals surface area contributed by atoms with Crippen LogP contribution in [0.15, 0.2) is 24.3 Å². The van der Waals surface area contributed by atoms with Gasteiger partial charge in [0, 0.05) is 6.04 Å². The van der Waals surface area contributed by atoms with Crippen LogP contribution in [0.25, 0.3) is 0 Å². The number of fused-ring (bicyclic) bond motifs is 2. The number of aryl methyl sites for hydroxylation is 1. The minimum Gasteiger partial charge on any atom is -0.313 e. The van der Waals surface area contributed by atoms with E-state index in [9.17, 15) is 0 Å². The van der Waals surface area contributed by atoms with Gasteiger partial charge in [0.25, 0.3) is 0 Å². The molecule has 0 spiro atoms. The molecule has 1 aromatic rings. The quantitative estimate of drug-likeness (QED) is 0.833. The zero-order valence-electron chi connectivity index (χ0n) is 10.9. The smallest absolute Gasteiger partial charge is 0.0348 e. The maximum absolute atomic E-state index is 3.56. The number of hydrogen-bond donors (Lipinski definition) is 1. The molecule has 4 unspecified atom stereocenters. The highest BCUT2D eigenvalue weighted by atomic mass is 14.9. The summed E-state index contributed by atoms with van der Waals surface area (Å²) in [5.41, 5.74) is 2.84. The zero-order chi connectivity index (χ0) is 11.8. The fraction of sp³-hybridized carbons (Fsp3) is 0.625. The molecule has 17 heavy (non-hydrogen) atoms. The minimum atomic E-state index is 0.575. The van der Waals surface area contributed by atoms with Gasteiger partial charge < -0.3 is 5.32 Å². The van der Waals surface area contributed by atoms with E-state index in [1.807, 2.05) is 0 Å². The lowest BCUT2D eigenvalue weighted by molar-refractivity contribution is 0.259. The van der Waals surface area contributed by atoms with Crippen LogP contribution in [0.4, 0.5) is 0 Å². The Morgan fingerprint density at radius 1 is 1.12 bits per heavy atom. The Morgan fingerprint density at radius 3 is 2.41 bits per heavy atom. The first-order valence-electron chi connectivity index (χ1n) is 7.01. The van der Waals surface area contributed by atoms with Crippen molar-refractivity contribution < 1.29 is 0 Å². The largest absolute Gasteiger partial charge is 0.313 e. The van der Waals surface area contributed by atoms with Gasteiger partial charge in [0.05, 0.1) is 0 Å². The van der Waals surface area contributed by atoms with E-state index in [0.29, 0.717) is 6.04 Å². The van der Waals surface area contributed by atoms with Crippen LogP contribution in [0, 0.1) is 24.7 Å². The third-order valence-corrected chi connectivity index (χ3v) is 4.97. The predicted molar refractivity (Wildman–Crippen MR) is 71.9 cm³/mol. The van der Waals surface area contributed by atoms with Gasteiger partial charge in [0.1, 0.15) is 0 Å². The molecule has 3 rings (SSSR count). The molecule has 2 aliphatic carbocycles. The Labute approximate surface area is 105 Å². The first-order chi connectivity index (χ1) is 8.28. The van der Waals surface area contributed by atoms with Crippen molar-refractivity contribution in [3.8, 4) is 0 Å². The first-order valence-corrected chi connectivity index (χ1v) is 7.01. The number of hydrogen-bond acceptors (Lipinski definition) is 1. The van der Waals surface area contributed by atoms with Gasteiger partial charge in [-0.1, -0.05) is 36.2 Å². The molecule has 2 saturated carbocycles. The van der Waals surface area contributed by atoms with Crippen LogP contribution in [-0.2, 0) is 0 Å². The molecule has 0 saturated heterocycles. The van der Waals surface area contributed by atoms with E-state index in [0.717, 1.165) is 17.8 Å². The van der Waals surface area contributed by atoms with Crippen molar-refractivity contribution in [3.63, 3.8) is 0 Å². The van der Waals surface area contributed by atoms with Crippen LogP contribution in [0.1, 0.15) is 42.9 Å². The SMILES string of the molecule is CNC(c1ccc(C)cc1)C1CC2CCC1C2. The van der Waals surface area contributed by atoms with Crippen molar-refractivity contribution in [1.82, 2.24) is 5.32 Å². The second-order valence-corrected chi connectivity index (χ2v) is 6.02. The molecule has 2 aliphatic rings. The average molecular weight is 229 g/mol. The van der Waals surface area contributed by atoms with Gasteiger partial charge >= 0.3 is 0 Å². The molecule has 92 valence electrons. The number of rotatable bonds is 3. The summed E-state index contributed by atoms with van der Waals surface area (Å²) in [6.07, 6.45) is 5.91. The van der Waals surface area contributed by atoms with E-state index < -0.39 is 0 Å². The summed E-state index contributed by atoms with van der Waals surface area (Å²) >= 11 is 0. The van der Waals surface area contributed by atoms with Crippen molar-refractivity contribution in [2.45, 2.75) is 38.6 Å². The van der Waals surface area contributed by atoms with Gasteiger partial charge in [-0.25, -0.2) is 0 Å². The molecule has 1 nitrogen and oxygen atoms in total. The molecule has 1 N–H and O–H groups in total. The Bertz CT molecular complexity index is 381. The maximum Gasteiger partial charge on any atom is 0.0348 e. The third-order valence-electron chi connectivity index (χ3n) is 4.97. The summed E-state index contributed by atoms with van der Waals surface area (Å²) in [5.74, 6) is 2.89. The van der Waals surface area contributed by atoms with E-state index in [4.69, 9.17) is 0 Å². The van der Waals surface area contributed by atoms with E-state index in [1.165, 1.54) is 36.8 Å². The second-order valence-electron chi connectivity index (χ2n) is 6.02. The standard InChI is InChI=1S/C16H23N/c1-11-3-6-13(7-4-11)16(17-2)15-10-12-5-8-14(15)9-12/h3-4,6-7,12,14-17H,5,8-10H2,1-2H3. The zero-order valence-corrected chi connectivity index (χ0v) is 10.9.